The van der Waals surface area contributed by atoms with Crippen LogP contribution < -0.4 is 4.74 Å². The van der Waals surface area contributed by atoms with Crippen molar-refractivity contribution in [3.63, 3.8) is 0 Å². The van der Waals surface area contributed by atoms with Gasteiger partial charge in [-0.05, 0) is 49.8 Å². The van der Waals surface area contributed by atoms with Crippen LogP contribution in [0.25, 0.3) is 0 Å². The van der Waals surface area contributed by atoms with Gasteiger partial charge in [0.1, 0.15) is 6.10 Å². The molecule has 1 aliphatic heterocycles. The molecule has 1 aromatic carbocycles. The van der Waals surface area contributed by atoms with E-state index >= 15 is 0 Å². The molecule has 8 heteroatoms. The maximum atomic E-state index is 13.0. The average molecular weight is 449 g/mol. The first-order valence-electron chi connectivity index (χ1n) is 10.3. The van der Waals surface area contributed by atoms with Gasteiger partial charge in [-0.25, -0.2) is 13.4 Å². The van der Waals surface area contributed by atoms with E-state index in [0.717, 1.165) is 12.8 Å². The van der Waals surface area contributed by atoms with Crippen LogP contribution in [0, 0.1) is 0 Å². The molecule has 0 radical (unpaired) electrons. The van der Waals surface area contributed by atoms with Crippen molar-refractivity contribution in [3.8, 4) is 5.88 Å². The zero-order valence-corrected chi connectivity index (χ0v) is 18.2. The van der Waals surface area contributed by atoms with E-state index in [9.17, 15) is 13.2 Å². The molecular formula is C22H25ClN2O4S. The van der Waals surface area contributed by atoms with Crippen LogP contribution in [-0.4, -0.2) is 49.2 Å². The van der Waals surface area contributed by atoms with E-state index in [2.05, 4.69) is 4.98 Å². The van der Waals surface area contributed by atoms with Gasteiger partial charge in [-0.1, -0.05) is 29.8 Å². The minimum Gasteiger partial charge on any atom is -0.474 e. The second-order valence-electron chi connectivity index (χ2n) is 7.87. The van der Waals surface area contributed by atoms with Crippen LogP contribution in [0.5, 0.6) is 5.88 Å². The van der Waals surface area contributed by atoms with Gasteiger partial charge in [0.15, 0.2) is 9.84 Å². The molecule has 1 saturated heterocycles. The van der Waals surface area contributed by atoms with Crippen molar-refractivity contribution in [1.82, 2.24) is 9.88 Å². The first-order chi connectivity index (χ1) is 14.4. The number of carbonyl (C=O) groups excluding carboxylic acids is 1. The third-order valence-electron chi connectivity index (χ3n) is 5.85. The van der Waals surface area contributed by atoms with Crippen molar-refractivity contribution in [3.05, 3.63) is 58.7 Å². The number of sulfone groups is 1. The number of halogens is 1. The molecule has 4 rings (SSSR count). The molecule has 2 aromatic rings. The van der Waals surface area contributed by atoms with Gasteiger partial charge in [-0.2, -0.15) is 0 Å². The molecule has 0 N–H and O–H groups in total. The molecule has 1 aromatic heterocycles. The van der Waals surface area contributed by atoms with E-state index in [0.29, 0.717) is 35.0 Å². The number of rotatable bonds is 4. The van der Waals surface area contributed by atoms with Crippen LogP contribution in [0.2, 0.25) is 5.02 Å². The summed E-state index contributed by atoms with van der Waals surface area (Å²) in [6.07, 6.45) is 6.46. The molecule has 6 nitrogen and oxygen atoms in total. The van der Waals surface area contributed by atoms with Gasteiger partial charge in [0.2, 0.25) is 5.88 Å². The molecule has 2 heterocycles. The Morgan fingerprint density at radius 2 is 1.83 bits per heavy atom. The average Bonchev–Trinajstić information content (AvgIpc) is 3.19. The van der Waals surface area contributed by atoms with Crippen molar-refractivity contribution in [2.75, 3.05) is 18.8 Å². The molecule has 0 spiro atoms. The van der Waals surface area contributed by atoms with Crippen LogP contribution in [-0.2, 0) is 9.84 Å². The van der Waals surface area contributed by atoms with Crippen molar-refractivity contribution in [2.24, 2.45) is 0 Å². The lowest BCUT2D eigenvalue weighted by Crippen LogP contribution is -2.33. The Hall–Kier alpha value is -2.12. The number of ether oxygens (including phenoxy) is 1. The standard InChI is InChI=1S/C22H25ClN2O4S/c23-19-8-4-3-7-18(19)20-11-12-25(13-14-30(20,27)28)22(26)16-9-10-21(24-15-16)29-17-5-1-2-6-17/h3-4,7-10,15,17,20H,1-2,5-6,11-14H2. The lowest BCUT2D eigenvalue weighted by atomic mass is 10.1. The Morgan fingerprint density at radius 1 is 1.07 bits per heavy atom. The van der Waals surface area contributed by atoms with E-state index in [1.54, 1.807) is 41.3 Å². The number of pyridine rings is 1. The third kappa shape index (κ3) is 4.62. The summed E-state index contributed by atoms with van der Waals surface area (Å²) in [6, 6.07) is 10.4. The molecule has 0 bridgehead atoms. The number of amides is 1. The minimum atomic E-state index is -3.42. The monoisotopic (exact) mass is 448 g/mol. The Kier molecular flexibility index (Phi) is 6.29. The Balaban J connectivity index is 1.45. The van der Waals surface area contributed by atoms with Crippen LogP contribution in [0.4, 0.5) is 0 Å². The topological polar surface area (TPSA) is 76.6 Å². The summed E-state index contributed by atoms with van der Waals surface area (Å²) in [7, 11) is -3.42. The SMILES string of the molecule is O=C(c1ccc(OC2CCCC2)nc1)N1CCC(c2ccccc2Cl)S(=O)(=O)CC1. The molecule has 1 unspecified atom stereocenters. The lowest BCUT2D eigenvalue weighted by Gasteiger charge is -2.20. The van der Waals surface area contributed by atoms with Gasteiger partial charge in [0.25, 0.3) is 5.91 Å². The smallest absolute Gasteiger partial charge is 0.255 e. The van der Waals surface area contributed by atoms with E-state index in [4.69, 9.17) is 16.3 Å². The van der Waals surface area contributed by atoms with Gasteiger partial charge in [-0.3, -0.25) is 4.79 Å². The normalized spacial score (nSPS) is 21.9. The van der Waals surface area contributed by atoms with Gasteiger partial charge in [-0.15, -0.1) is 0 Å². The summed E-state index contributed by atoms with van der Waals surface area (Å²) in [5.74, 6) is 0.214. The van der Waals surface area contributed by atoms with E-state index in [1.165, 1.54) is 19.0 Å². The molecule has 2 fully saturated rings. The highest BCUT2D eigenvalue weighted by atomic mass is 35.5. The quantitative estimate of drug-likeness (QED) is 0.704. The number of aromatic nitrogens is 1. The van der Waals surface area contributed by atoms with Crippen molar-refractivity contribution in [2.45, 2.75) is 43.5 Å². The van der Waals surface area contributed by atoms with Crippen LogP contribution in [0.3, 0.4) is 0 Å². The number of carbonyl (C=O) groups is 1. The fourth-order valence-corrected chi connectivity index (χ4v) is 6.32. The second kappa shape index (κ2) is 8.94. The Bertz CT molecular complexity index is 1000. The molecule has 1 saturated carbocycles. The molecule has 1 amide bonds. The van der Waals surface area contributed by atoms with Crippen molar-refractivity contribution < 1.29 is 17.9 Å². The number of hydrogen-bond donors (Lipinski definition) is 0. The summed E-state index contributed by atoms with van der Waals surface area (Å²) >= 11 is 6.24. The summed E-state index contributed by atoms with van der Waals surface area (Å²) in [6.45, 7) is 0.497. The maximum Gasteiger partial charge on any atom is 0.255 e. The summed E-state index contributed by atoms with van der Waals surface area (Å²) < 4.78 is 31.5. The number of hydrogen-bond acceptors (Lipinski definition) is 5. The minimum absolute atomic E-state index is 0.0923. The number of benzene rings is 1. The van der Waals surface area contributed by atoms with Gasteiger partial charge >= 0.3 is 0 Å². The highest BCUT2D eigenvalue weighted by Gasteiger charge is 2.34. The zero-order valence-electron chi connectivity index (χ0n) is 16.7. The van der Waals surface area contributed by atoms with Gasteiger partial charge < -0.3 is 9.64 Å². The third-order valence-corrected chi connectivity index (χ3v) is 8.31. The lowest BCUT2D eigenvalue weighted by molar-refractivity contribution is 0.0766. The molecule has 1 atom stereocenters. The largest absolute Gasteiger partial charge is 0.474 e. The van der Waals surface area contributed by atoms with Crippen molar-refractivity contribution in [1.29, 1.82) is 0 Å². The highest BCUT2D eigenvalue weighted by molar-refractivity contribution is 7.91. The highest BCUT2D eigenvalue weighted by Crippen LogP contribution is 2.34. The Morgan fingerprint density at radius 3 is 2.53 bits per heavy atom. The molecule has 1 aliphatic carbocycles. The maximum absolute atomic E-state index is 13.0. The van der Waals surface area contributed by atoms with E-state index in [-0.39, 0.29) is 24.3 Å². The van der Waals surface area contributed by atoms with Gasteiger partial charge in [0, 0.05) is 30.4 Å². The van der Waals surface area contributed by atoms with Crippen LogP contribution in [0.1, 0.15) is 53.3 Å². The fourth-order valence-electron chi connectivity index (χ4n) is 4.17. The van der Waals surface area contributed by atoms with Crippen LogP contribution in [0.15, 0.2) is 42.6 Å². The van der Waals surface area contributed by atoms with E-state index < -0.39 is 15.1 Å². The summed E-state index contributed by atoms with van der Waals surface area (Å²) in [5, 5.41) is -0.266. The fraction of sp³-hybridized carbons (Fsp3) is 0.455. The first-order valence-corrected chi connectivity index (χ1v) is 12.4. The number of nitrogens with zero attached hydrogens (tertiary/aromatic N) is 2. The Labute approximate surface area is 182 Å². The second-order valence-corrected chi connectivity index (χ2v) is 10.6. The summed E-state index contributed by atoms with van der Waals surface area (Å²) in [4.78, 5) is 18.8. The molecule has 30 heavy (non-hydrogen) atoms. The van der Waals surface area contributed by atoms with Gasteiger partial charge in [0.05, 0.1) is 16.6 Å². The molecule has 2 aliphatic rings. The van der Waals surface area contributed by atoms with Crippen molar-refractivity contribution >= 4 is 27.3 Å². The molecular weight excluding hydrogens is 424 g/mol. The van der Waals surface area contributed by atoms with E-state index in [1.807, 2.05) is 0 Å². The summed E-state index contributed by atoms with van der Waals surface area (Å²) in [5.41, 5.74) is 1.03. The first kappa shape index (κ1) is 21.1. The predicted octanol–water partition coefficient (Wildman–Crippen LogP) is 4.06. The van der Waals surface area contributed by atoms with Crippen LogP contribution >= 0.6 is 11.6 Å². The predicted molar refractivity (Wildman–Crippen MR) is 116 cm³/mol. The zero-order chi connectivity index (χ0) is 21.1. The molecule has 160 valence electrons.